The van der Waals surface area contributed by atoms with Gasteiger partial charge in [0, 0.05) is 16.8 Å². The monoisotopic (exact) mass is 136 g/mol. The van der Waals surface area contributed by atoms with Gasteiger partial charge in [0.05, 0.1) is 0 Å². The third-order valence-corrected chi connectivity index (χ3v) is 0.101. The number of hydrogen-bond donors (Lipinski definition) is 2. The first kappa shape index (κ1) is 9.22. The van der Waals surface area contributed by atoms with Gasteiger partial charge >= 0.3 is 6.16 Å². The molecule has 0 spiro atoms. The molecule has 6 heavy (non-hydrogen) atoms. The van der Waals surface area contributed by atoms with Crippen LogP contribution in [0.2, 0.25) is 0 Å². The second-order valence-corrected chi connectivity index (χ2v) is 0.384. The van der Waals surface area contributed by atoms with E-state index in [2.05, 4.69) is 10.7 Å². The minimum atomic E-state index is -1.47. The summed E-state index contributed by atoms with van der Waals surface area (Å²) in [6.07, 6.45) is -1.47. The molecule has 0 amide bonds. The molecule has 3 N–H and O–H groups in total. The zero-order valence-corrected chi connectivity index (χ0v) is 3.72. The van der Waals surface area contributed by atoms with E-state index >= 15 is 0 Å². The molecule has 5 heteroatoms. The van der Waals surface area contributed by atoms with Crippen LogP contribution in [-0.4, -0.2) is 11.3 Å². The quantitative estimate of drug-likeness (QED) is 0.442. The molecule has 0 bridgehead atoms. The molecule has 4 nitrogen and oxygen atoms in total. The molecule has 0 aromatic rings. The van der Waals surface area contributed by atoms with Crippen LogP contribution >= 0.6 is 0 Å². The van der Waals surface area contributed by atoms with E-state index in [9.17, 15) is 0 Å². The number of carboxylic acid groups (broad SMARTS) is 1. The fourth-order valence-corrected chi connectivity index (χ4v) is 0. The number of nitrogens with two attached hydrogens (primary N) is 1. The van der Waals surface area contributed by atoms with Gasteiger partial charge in [-0.25, -0.2) is 4.79 Å². The van der Waals surface area contributed by atoms with Gasteiger partial charge in [-0.3, -0.25) is 0 Å². The minimum Gasteiger partial charge on any atom is -0.448 e. The van der Waals surface area contributed by atoms with Gasteiger partial charge in [-0.05, 0) is 0 Å². The van der Waals surface area contributed by atoms with Gasteiger partial charge in [0.25, 0.3) is 0 Å². The fourth-order valence-electron chi connectivity index (χ4n) is 0. The third kappa shape index (κ3) is 9.28. The Morgan fingerprint density at radius 3 is 2.00 bits per heavy atom. The molecule has 0 aliphatic carbocycles. The Morgan fingerprint density at radius 1 is 1.83 bits per heavy atom. The van der Waals surface area contributed by atoms with Gasteiger partial charge in [-0.2, -0.15) is 5.90 Å². The van der Waals surface area contributed by atoms with Gasteiger partial charge in [0.15, 0.2) is 0 Å². The summed E-state index contributed by atoms with van der Waals surface area (Å²) in [5, 5.41) is 7.38. The largest absolute Gasteiger partial charge is 0.524 e. The number of rotatable bonds is 0. The van der Waals surface area contributed by atoms with Crippen LogP contribution in [0.1, 0.15) is 0 Å². The Labute approximate surface area is 44.4 Å². The van der Waals surface area contributed by atoms with Crippen LogP contribution in [0.4, 0.5) is 4.79 Å². The van der Waals surface area contributed by atoms with Crippen molar-refractivity contribution >= 4 is 6.16 Å². The molecule has 0 aromatic carbocycles. The second-order valence-electron chi connectivity index (χ2n) is 0.384. The molecule has 0 aliphatic heterocycles. The van der Waals surface area contributed by atoms with Crippen molar-refractivity contribution in [2.75, 3.05) is 0 Å². The van der Waals surface area contributed by atoms with Gasteiger partial charge in [0.1, 0.15) is 0 Å². The van der Waals surface area contributed by atoms with E-state index < -0.39 is 6.16 Å². The van der Waals surface area contributed by atoms with Gasteiger partial charge < -0.3 is 9.94 Å². The van der Waals surface area contributed by atoms with Crippen LogP contribution in [0.15, 0.2) is 0 Å². The average molecular weight is 136 g/mol. The molecular weight excluding hydrogens is 133 g/mol. The maximum atomic E-state index is 9.02. The summed E-state index contributed by atoms with van der Waals surface area (Å²) >= 11 is 0. The Balaban J connectivity index is 0. The van der Waals surface area contributed by atoms with Crippen LogP contribution in [0.5, 0.6) is 0 Å². The van der Waals surface area contributed by atoms with E-state index in [4.69, 9.17) is 9.90 Å². The molecule has 0 saturated carbocycles. The van der Waals surface area contributed by atoms with Gasteiger partial charge in [-0.15, -0.1) is 0 Å². The summed E-state index contributed by atoms with van der Waals surface area (Å²) in [6, 6.07) is 0. The predicted octanol–water partition coefficient (Wildman–Crippen LogP) is -0.448. The van der Waals surface area contributed by atoms with Crippen molar-refractivity contribution in [3.05, 3.63) is 0 Å². The van der Waals surface area contributed by atoms with Gasteiger partial charge in [0.2, 0.25) is 0 Å². The molecule has 0 fully saturated rings. The summed E-state index contributed by atoms with van der Waals surface area (Å²) in [5.41, 5.74) is 0. The standard InChI is InChI=1S/CH3NO3.Co/c2-5-1(3)4;/h2H2,(H,3,4);. The Hall–Kier alpha value is -0.264. The van der Waals surface area contributed by atoms with E-state index in [0.29, 0.717) is 0 Å². The van der Waals surface area contributed by atoms with E-state index in [-0.39, 0.29) is 16.8 Å². The first-order valence-corrected chi connectivity index (χ1v) is 0.868. The maximum absolute atomic E-state index is 9.02. The Kier molecular flexibility index (Phi) is 7.28. The topological polar surface area (TPSA) is 72.5 Å². The summed E-state index contributed by atoms with van der Waals surface area (Å²) in [6.45, 7) is 0. The molecule has 0 aliphatic rings. The van der Waals surface area contributed by atoms with E-state index in [0.717, 1.165) is 0 Å². The van der Waals surface area contributed by atoms with Crippen molar-refractivity contribution < 1.29 is 31.5 Å². The zero-order valence-electron chi connectivity index (χ0n) is 2.67. The molecule has 0 heterocycles. The Bertz CT molecular complexity index is 46.1. The maximum Gasteiger partial charge on any atom is 0.524 e. The van der Waals surface area contributed by atoms with Crippen LogP contribution in [-0.2, 0) is 21.6 Å². The SMILES string of the molecule is NOC(=O)O.[Co]. The second kappa shape index (κ2) is 4.74. The molecule has 0 unspecified atom stereocenters. The van der Waals surface area contributed by atoms with Crippen molar-refractivity contribution in [3.8, 4) is 0 Å². The van der Waals surface area contributed by atoms with E-state index in [1.165, 1.54) is 0 Å². The molecule has 0 saturated heterocycles. The Morgan fingerprint density at radius 2 is 2.00 bits per heavy atom. The summed E-state index contributed by atoms with van der Waals surface area (Å²) in [7, 11) is 0. The van der Waals surface area contributed by atoms with E-state index in [1.54, 1.807) is 0 Å². The summed E-state index contributed by atoms with van der Waals surface area (Å²) in [5.74, 6) is 4.07. The zero-order chi connectivity index (χ0) is 4.28. The van der Waals surface area contributed by atoms with Crippen LogP contribution in [0, 0.1) is 0 Å². The van der Waals surface area contributed by atoms with Crippen molar-refractivity contribution in [3.63, 3.8) is 0 Å². The smallest absolute Gasteiger partial charge is 0.448 e. The van der Waals surface area contributed by atoms with Crippen LogP contribution in [0.25, 0.3) is 0 Å². The first-order chi connectivity index (χ1) is 2.27. The van der Waals surface area contributed by atoms with Crippen molar-refractivity contribution in [1.82, 2.24) is 0 Å². The van der Waals surface area contributed by atoms with Crippen molar-refractivity contribution in [2.45, 2.75) is 0 Å². The van der Waals surface area contributed by atoms with Crippen LogP contribution < -0.4 is 5.90 Å². The number of carbonyl (C=O) groups is 1. The molecule has 0 rings (SSSR count). The van der Waals surface area contributed by atoms with Crippen molar-refractivity contribution in [2.24, 2.45) is 5.90 Å². The minimum absolute atomic E-state index is 0. The van der Waals surface area contributed by atoms with Gasteiger partial charge in [-0.1, -0.05) is 0 Å². The van der Waals surface area contributed by atoms with E-state index in [1.807, 2.05) is 0 Å². The van der Waals surface area contributed by atoms with Crippen molar-refractivity contribution in [1.29, 1.82) is 0 Å². The van der Waals surface area contributed by atoms with Crippen LogP contribution in [0.3, 0.4) is 0 Å². The molecule has 1 radical (unpaired) electrons. The third-order valence-electron chi connectivity index (χ3n) is 0.101. The molecule has 39 valence electrons. The molecular formula is CH3CoNO3. The molecule has 0 aromatic heterocycles. The normalized spacial score (nSPS) is 5.50. The summed E-state index contributed by atoms with van der Waals surface area (Å²) < 4.78 is 0. The average Bonchev–Trinajstić information content (AvgIpc) is 1.38. The summed E-state index contributed by atoms with van der Waals surface area (Å²) in [4.78, 5) is 12.2. The first-order valence-electron chi connectivity index (χ1n) is 0.868. The molecule has 0 atom stereocenters. The number of hydrogen-bond acceptors (Lipinski definition) is 3. The predicted molar refractivity (Wildman–Crippen MR) is 13.3 cm³/mol. The fraction of sp³-hybridized carbons (Fsp3) is 0.